The number of rotatable bonds is 6. The van der Waals surface area contributed by atoms with Gasteiger partial charge in [0.15, 0.2) is 0 Å². The molecule has 1 amide bonds. The van der Waals surface area contributed by atoms with Gasteiger partial charge in [0.1, 0.15) is 0 Å². The van der Waals surface area contributed by atoms with E-state index in [-0.39, 0.29) is 5.91 Å². The maximum atomic E-state index is 11.9. The summed E-state index contributed by atoms with van der Waals surface area (Å²) < 4.78 is 0. The van der Waals surface area contributed by atoms with Crippen LogP contribution in [0.5, 0.6) is 0 Å². The molecule has 0 saturated heterocycles. The molecule has 1 aromatic heterocycles. The Morgan fingerprint density at radius 3 is 3.05 bits per heavy atom. The van der Waals surface area contributed by atoms with E-state index in [2.05, 4.69) is 10.5 Å². The van der Waals surface area contributed by atoms with E-state index >= 15 is 0 Å². The van der Waals surface area contributed by atoms with Crippen molar-refractivity contribution in [3.05, 3.63) is 46.4 Å². The first kappa shape index (κ1) is 14.0. The first-order chi connectivity index (χ1) is 9.31. The number of amides is 1. The minimum Gasteiger partial charge on any atom is -0.274 e. The summed E-state index contributed by atoms with van der Waals surface area (Å²) >= 11 is 3.17. The highest BCUT2D eigenvalue weighted by Gasteiger charge is 2.11. The Morgan fingerprint density at radius 2 is 2.32 bits per heavy atom. The fraction of sp³-hybridized carbons (Fsp3) is 0.231. The van der Waals surface area contributed by atoms with E-state index in [1.54, 1.807) is 29.2 Å². The summed E-state index contributed by atoms with van der Waals surface area (Å²) in [5.41, 5.74) is 5.87. The molecular formula is C13H14N2O2S2. The normalized spacial score (nSPS) is 10.4. The van der Waals surface area contributed by atoms with Crippen LogP contribution in [0.25, 0.3) is 0 Å². The zero-order valence-corrected chi connectivity index (χ0v) is 12.1. The molecule has 1 N–H and O–H groups in total. The third-order valence-corrected chi connectivity index (χ3v) is 4.04. The Morgan fingerprint density at radius 1 is 1.47 bits per heavy atom. The van der Waals surface area contributed by atoms with Crippen LogP contribution in [0.4, 0.5) is 0 Å². The second-order valence-corrected chi connectivity index (χ2v) is 5.36. The van der Waals surface area contributed by atoms with Gasteiger partial charge in [0.25, 0.3) is 5.91 Å². The molecule has 0 bridgehead atoms. The number of hydrogen-bond acceptors (Lipinski definition) is 5. The van der Waals surface area contributed by atoms with Crippen molar-refractivity contribution < 1.29 is 9.63 Å². The van der Waals surface area contributed by atoms with Gasteiger partial charge < -0.3 is 0 Å². The monoisotopic (exact) mass is 294 g/mol. The van der Waals surface area contributed by atoms with Crippen LogP contribution in [0.3, 0.4) is 0 Å². The average molecular weight is 294 g/mol. The quantitative estimate of drug-likeness (QED) is 0.657. The molecule has 1 heterocycles. The lowest BCUT2D eigenvalue weighted by Gasteiger charge is -2.08. The number of carbonyl (C=O) groups excluding carboxylic acids is 1. The number of nitrogens with one attached hydrogen (secondary N) is 1. The van der Waals surface area contributed by atoms with Gasteiger partial charge in [-0.3, -0.25) is 9.63 Å². The van der Waals surface area contributed by atoms with Crippen molar-refractivity contribution in [2.45, 2.75) is 17.6 Å². The number of aromatic nitrogens is 1. The summed E-state index contributed by atoms with van der Waals surface area (Å²) in [6.45, 7) is 2.27. The van der Waals surface area contributed by atoms with Gasteiger partial charge in [-0.1, -0.05) is 12.1 Å². The Bertz CT molecular complexity index is 529. The standard InChI is InChI=1S/C13H14N2O2S2/c1-2-17-15-13(16)11-5-3-4-6-12(11)19-8-10-7-18-9-14-10/h3-7,9H,2,8H2,1H3,(H,15,16). The minimum absolute atomic E-state index is 0.219. The second-order valence-electron chi connectivity index (χ2n) is 3.63. The van der Waals surface area contributed by atoms with E-state index in [1.807, 2.05) is 36.0 Å². The second kappa shape index (κ2) is 7.28. The van der Waals surface area contributed by atoms with Crippen molar-refractivity contribution in [3.8, 4) is 0 Å². The summed E-state index contributed by atoms with van der Waals surface area (Å²) in [5.74, 6) is 0.533. The van der Waals surface area contributed by atoms with E-state index in [9.17, 15) is 4.79 Å². The van der Waals surface area contributed by atoms with Gasteiger partial charge in [-0.2, -0.15) is 0 Å². The van der Waals surface area contributed by atoms with Gasteiger partial charge in [0.2, 0.25) is 0 Å². The predicted molar refractivity (Wildman–Crippen MR) is 77.2 cm³/mol. The SMILES string of the molecule is CCONC(=O)c1ccccc1SCc1cscn1. The number of thiazole rings is 1. The summed E-state index contributed by atoms with van der Waals surface area (Å²) in [5, 5.41) is 2.01. The largest absolute Gasteiger partial charge is 0.275 e. The molecule has 0 aliphatic heterocycles. The van der Waals surface area contributed by atoms with Crippen LogP contribution in [0.2, 0.25) is 0 Å². The van der Waals surface area contributed by atoms with Crippen molar-refractivity contribution in [2.75, 3.05) is 6.61 Å². The third kappa shape index (κ3) is 4.05. The van der Waals surface area contributed by atoms with Gasteiger partial charge in [-0.25, -0.2) is 10.5 Å². The van der Waals surface area contributed by atoms with Crippen molar-refractivity contribution in [3.63, 3.8) is 0 Å². The summed E-state index contributed by atoms with van der Waals surface area (Å²) in [6.07, 6.45) is 0. The molecule has 6 heteroatoms. The van der Waals surface area contributed by atoms with Crippen LogP contribution in [0.15, 0.2) is 40.1 Å². The summed E-state index contributed by atoms with van der Waals surface area (Å²) in [4.78, 5) is 22.0. The minimum atomic E-state index is -0.219. The Kier molecular flexibility index (Phi) is 5.38. The highest BCUT2D eigenvalue weighted by Crippen LogP contribution is 2.26. The molecule has 2 aromatic rings. The molecule has 0 spiro atoms. The van der Waals surface area contributed by atoms with Gasteiger partial charge in [0.05, 0.1) is 23.4 Å². The third-order valence-electron chi connectivity index (χ3n) is 2.30. The Balaban J connectivity index is 2.05. The summed E-state index contributed by atoms with van der Waals surface area (Å²) in [7, 11) is 0. The van der Waals surface area contributed by atoms with Crippen LogP contribution >= 0.6 is 23.1 Å². The lowest BCUT2D eigenvalue weighted by Crippen LogP contribution is -2.24. The van der Waals surface area contributed by atoms with Crippen LogP contribution < -0.4 is 5.48 Å². The smallest absolute Gasteiger partial charge is 0.274 e. The number of hydrogen-bond donors (Lipinski definition) is 1. The van der Waals surface area contributed by atoms with Crippen LogP contribution in [-0.2, 0) is 10.6 Å². The Labute approximate surface area is 120 Å². The molecule has 1 aromatic carbocycles. The van der Waals surface area contributed by atoms with Crippen LogP contribution in [-0.4, -0.2) is 17.5 Å². The van der Waals surface area contributed by atoms with Crippen molar-refractivity contribution in [2.24, 2.45) is 0 Å². The van der Waals surface area contributed by atoms with Gasteiger partial charge >= 0.3 is 0 Å². The van der Waals surface area contributed by atoms with E-state index in [4.69, 9.17) is 4.84 Å². The molecule has 0 radical (unpaired) electrons. The molecule has 4 nitrogen and oxygen atoms in total. The van der Waals surface area contributed by atoms with Crippen molar-refractivity contribution in [1.29, 1.82) is 0 Å². The maximum absolute atomic E-state index is 11.9. The molecule has 2 rings (SSSR count). The molecule has 0 atom stereocenters. The van der Waals surface area contributed by atoms with Crippen molar-refractivity contribution in [1.82, 2.24) is 10.5 Å². The number of hydroxylamine groups is 1. The molecule has 0 fully saturated rings. The number of thioether (sulfide) groups is 1. The molecule has 0 unspecified atom stereocenters. The van der Waals surface area contributed by atoms with Gasteiger partial charge in [-0.15, -0.1) is 23.1 Å². The molecule has 0 saturated carbocycles. The maximum Gasteiger partial charge on any atom is 0.275 e. The topological polar surface area (TPSA) is 51.2 Å². The number of carbonyl (C=O) groups is 1. The predicted octanol–water partition coefficient (Wildman–Crippen LogP) is 3.12. The highest BCUT2D eigenvalue weighted by atomic mass is 32.2. The average Bonchev–Trinajstić information content (AvgIpc) is 2.96. The number of nitrogens with zero attached hydrogens (tertiary/aromatic N) is 1. The molecule has 100 valence electrons. The lowest BCUT2D eigenvalue weighted by atomic mass is 10.2. The highest BCUT2D eigenvalue weighted by molar-refractivity contribution is 7.98. The molecule has 19 heavy (non-hydrogen) atoms. The Hall–Kier alpha value is -1.37. The lowest BCUT2D eigenvalue weighted by molar-refractivity contribution is 0.0362. The van der Waals surface area contributed by atoms with Gasteiger partial charge in [0, 0.05) is 16.0 Å². The number of benzene rings is 1. The first-order valence-corrected chi connectivity index (χ1v) is 7.75. The zero-order chi connectivity index (χ0) is 13.5. The molecular weight excluding hydrogens is 280 g/mol. The van der Waals surface area contributed by atoms with Crippen LogP contribution in [0.1, 0.15) is 23.0 Å². The van der Waals surface area contributed by atoms with E-state index in [1.165, 1.54) is 0 Å². The van der Waals surface area contributed by atoms with Crippen LogP contribution in [0, 0.1) is 0 Å². The van der Waals surface area contributed by atoms with E-state index in [0.717, 1.165) is 16.3 Å². The van der Waals surface area contributed by atoms with Gasteiger partial charge in [-0.05, 0) is 19.1 Å². The van der Waals surface area contributed by atoms with E-state index in [0.29, 0.717) is 12.2 Å². The fourth-order valence-electron chi connectivity index (χ4n) is 1.43. The zero-order valence-electron chi connectivity index (χ0n) is 10.5. The molecule has 0 aliphatic rings. The summed E-state index contributed by atoms with van der Waals surface area (Å²) in [6, 6.07) is 7.48. The first-order valence-electron chi connectivity index (χ1n) is 5.82. The fourth-order valence-corrected chi connectivity index (χ4v) is 3.05. The van der Waals surface area contributed by atoms with Crippen molar-refractivity contribution >= 4 is 29.0 Å². The molecule has 0 aliphatic carbocycles. The van der Waals surface area contributed by atoms with E-state index < -0.39 is 0 Å².